The van der Waals surface area contributed by atoms with Crippen LogP contribution in [-0.4, -0.2) is 12.2 Å². The van der Waals surface area contributed by atoms with Crippen molar-refractivity contribution in [3.8, 4) is 0 Å². The summed E-state index contributed by atoms with van der Waals surface area (Å²) in [5.74, 6) is 0. The number of hydrazone groups is 1. The molecule has 0 atom stereocenters. The maximum Gasteiger partial charge on any atom is 0.309 e. The van der Waals surface area contributed by atoms with E-state index in [4.69, 9.17) is 4.79 Å². The molecular formula is C17H20N4O. The summed E-state index contributed by atoms with van der Waals surface area (Å²) in [6.45, 7) is 0. The number of anilines is 1. The van der Waals surface area contributed by atoms with E-state index in [0.29, 0.717) is 0 Å². The van der Waals surface area contributed by atoms with Gasteiger partial charge < -0.3 is 11.5 Å². The third-order valence-corrected chi connectivity index (χ3v) is 2.46. The van der Waals surface area contributed by atoms with Gasteiger partial charge >= 0.3 is 6.03 Å². The highest BCUT2D eigenvalue weighted by molar-refractivity contribution is 5.83. The number of amides is 2. The number of rotatable bonds is 0. The van der Waals surface area contributed by atoms with E-state index in [-0.39, 0.29) is 0 Å². The van der Waals surface area contributed by atoms with E-state index in [1.807, 2.05) is 48.6 Å². The molecule has 0 radical (unpaired) electrons. The summed E-state index contributed by atoms with van der Waals surface area (Å²) in [7, 11) is 0. The maximum absolute atomic E-state index is 9.00. The zero-order chi connectivity index (χ0) is 16.0. The van der Waals surface area contributed by atoms with Crippen molar-refractivity contribution in [1.29, 1.82) is 0 Å². The molecule has 2 aliphatic rings. The van der Waals surface area contributed by atoms with Crippen LogP contribution in [0, 0.1) is 0 Å². The highest BCUT2D eigenvalue weighted by Gasteiger charge is 1.96. The van der Waals surface area contributed by atoms with Crippen molar-refractivity contribution in [2.45, 2.75) is 6.42 Å². The minimum absolute atomic E-state index is 0.833. The van der Waals surface area contributed by atoms with Crippen LogP contribution in [0.15, 0.2) is 71.9 Å². The molecule has 5 N–H and O–H groups in total. The van der Waals surface area contributed by atoms with Crippen LogP contribution in [0.4, 0.5) is 10.5 Å². The predicted octanol–water partition coefficient (Wildman–Crippen LogP) is 3.19. The molecule has 1 aliphatic carbocycles. The molecule has 0 fully saturated rings. The van der Waals surface area contributed by atoms with Crippen molar-refractivity contribution in [1.82, 2.24) is 0 Å². The minimum Gasteiger partial charge on any atom is -0.352 e. The second-order valence-electron chi connectivity index (χ2n) is 4.22. The number of fused-ring (bicyclic) bond motifs is 1. The second-order valence-corrected chi connectivity index (χ2v) is 4.22. The highest BCUT2D eigenvalue weighted by atomic mass is 16.2. The Morgan fingerprint density at radius 2 is 1.64 bits per heavy atom. The SMILES string of the molecule is C1=CC=CCC=C1.C1=Cc2ccccc2NN=C1.NC(N)=O. The molecule has 0 saturated heterocycles. The average Bonchev–Trinajstić information content (AvgIpc) is 2.92. The van der Waals surface area contributed by atoms with Crippen LogP contribution in [0.5, 0.6) is 0 Å². The van der Waals surface area contributed by atoms with Gasteiger partial charge in [-0.3, -0.25) is 5.43 Å². The number of urea groups is 1. The molecule has 3 rings (SSSR count). The molecule has 0 spiro atoms. The van der Waals surface area contributed by atoms with Gasteiger partial charge in [-0.2, -0.15) is 5.10 Å². The van der Waals surface area contributed by atoms with Crippen molar-refractivity contribution < 1.29 is 4.79 Å². The summed E-state index contributed by atoms with van der Waals surface area (Å²) in [5.41, 5.74) is 13.7. The van der Waals surface area contributed by atoms with E-state index in [9.17, 15) is 0 Å². The largest absolute Gasteiger partial charge is 0.352 e. The number of benzene rings is 1. The number of allylic oxidation sites excluding steroid dienone is 7. The first-order valence-electron chi connectivity index (χ1n) is 6.78. The Morgan fingerprint density at radius 3 is 2.32 bits per heavy atom. The molecule has 1 aromatic carbocycles. The van der Waals surface area contributed by atoms with Crippen molar-refractivity contribution in [3.63, 3.8) is 0 Å². The Kier molecular flexibility index (Phi) is 8.24. The van der Waals surface area contributed by atoms with E-state index in [1.54, 1.807) is 6.21 Å². The maximum atomic E-state index is 9.00. The van der Waals surface area contributed by atoms with Crippen LogP contribution in [-0.2, 0) is 0 Å². The third-order valence-electron chi connectivity index (χ3n) is 2.46. The number of carbonyl (C=O) groups is 1. The number of carbonyl (C=O) groups excluding carboxylic acids is 1. The first-order valence-corrected chi connectivity index (χ1v) is 6.78. The van der Waals surface area contributed by atoms with E-state index in [2.05, 4.69) is 46.3 Å². The molecule has 22 heavy (non-hydrogen) atoms. The van der Waals surface area contributed by atoms with Crippen LogP contribution in [0.3, 0.4) is 0 Å². The zero-order valence-corrected chi connectivity index (χ0v) is 12.2. The Hall–Kier alpha value is -3.08. The van der Waals surface area contributed by atoms with Crippen LogP contribution < -0.4 is 16.9 Å². The van der Waals surface area contributed by atoms with Crippen molar-refractivity contribution in [2.75, 3.05) is 5.43 Å². The van der Waals surface area contributed by atoms with Gasteiger partial charge in [0.05, 0.1) is 5.69 Å². The van der Waals surface area contributed by atoms with Crippen LogP contribution in [0.1, 0.15) is 12.0 Å². The van der Waals surface area contributed by atoms with Gasteiger partial charge in [-0.15, -0.1) is 0 Å². The lowest BCUT2D eigenvalue weighted by Gasteiger charge is -2.00. The van der Waals surface area contributed by atoms with Crippen LogP contribution in [0.25, 0.3) is 6.08 Å². The van der Waals surface area contributed by atoms with Gasteiger partial charge in [-0.05, 0) is 24.1 Å². The van der Waals surface area contributed by atoms with Crippen molar-refractivity contribution >= 4 is 24.0 Å². The fraction of sp³-hybridized carbons (Fsp3) is 0.0588. The topological polar surface area (TPSA) is 93.5 Å². The van der Waals surface area contributed by atoms with E-state index in [1.165, 1.54) is 5.56 Å². The van der Waals surface area contributed by atoms with E-state index in [0.717, 1.165) is 12.1 Å². The summed E-state index contributed by atoms with van der Waals surface area (Å²) in [5, 5.41) is 3.95. The summed E-state index contributed by atoms with van der Waals surface area (Å²) in [6.07, 6.45) is 19.2. The minimum atomic E-state index is -0.833. The second kappa shape index (κ2) is 10.7. The molecule has 5 nitrogen and oxygen atoms in total. The average molecular weight is 296 g/mol. The number of primary amides is 2. The van der Waals surface area contributed by atoms with Gasteiger partial charge in [0.15, 0.2) is 0 Å². The molecule has 1 aromatic rings. The number of hydrogen-bond donors (Lipinski definition) is 3. The van der Waals surface area contributed by atoms with Crippen molar-refractivity contribution in [2.24, 2.45) is 16.6 Å². The molecule has 114 valence electrons. The fourth-order valence-electron chi connectivity index (χ4n) is 1.56. The van der Waals surface area contributed by atoms with Gasteiger partial charge in [0, 0.05) is 6.21 Å². The fourth-order valence-corrected chi connectivity index (χ4v) is 1.56. The number of hydrogen-bond acceptors (Lipinski definition) is 3. The Bertz CT molecular complexity index is 595. The number of nitrogens with zero attached hydrogens (tertiary/aromatic N) is 1. The molecule has 2 amide bonds. The third kappa shape index (κ3) is 8.16. The highest BCUT2D eigenvalue weighted by Crippen LogP contribution is 2.17. The van der Waals surface area contributed by atoms with Gasteiger partial charge in [0.2, 0.25) is 0 Å². The van der Waals surface area contributed by atoms with Crippen molar-refractivity contribution in [3.05, 3.63) is 72.4 Å². The van der Waals surface area contributed by atoms with Gasteiger partial charge in [-0.1, -0.05) is 60.7 Å². The summed E-state index contributed by atoms with van der Waals surface area (Å²) >= 11 is 0. The Morgan fingerprint density at radius 1 is 1.00 bits per heavy atom. The van der Waals surface area contributed by atoms with Gasteiger partial charge in [0.25, 0.3) is 0 Å². The quantitative estimate of drug-likeness (QED) is 0.685. The number of nitrogens with one attached hydrogen (secondary N) is 1. The van der Waals surface area contributed by atoms with E-state index >= 15 is 0 Å². The summed E-state index contributed by atoms with van der Waals surface area (Å²) in [6, 6.07) is 7.21. The molecule has 0 aromatic heterocycles. The molecule has 5 heteroatoms. The number of nitrogens with two attached hydrogens (primary N) is 2. The van der Waals surface area contributed by atoms with Crippen LogP contribution >= 0.6 is 0 Å². The Labute approximate surface area is 130 Å². The predicted molar refractivity (Wildman–Crippen MR) is 93.4 cm³/mol. The van der Waals surface area contributed by atoms with E-state index < -0.39 is 6.03 Å². The summed E-state index contributed by atoms with van der Waals surface area (Å²) < 4.78 is 0. The molecule has 1 heterocycles. The summed E-state index contributed by atoms with van der Waals surface area (Å²) in [4.78, 5) is 9.00. The van der Waals surface area contributed by atoms with Gasteiger partial charge in [-0.25, -0.2) is 4.79 Å². The molecular weight excluding hydrogens is 276 g/mol. The molecule has 0 saturated carbocycles. The monoisotopic (exact) mass is 296 g/mol. The normalized spacial score (nSPS) is 13.3. The lowest BCUT2D eigenvalue weighted by molar-refractivity contribution is 0.256. The lowest BCUT2D eigenvalue weighted by atomic mass is 10.2. The Balaban J connectivity index is 0.000000190. The first-order chi connectivity index (χ1) is 10.7. The number of para-hydroxylation sites is 1. The lowest BCUT2D eigenvalue weighted by Crippen LogP contribution is -2.18. The standard InChI is InChI=1S/C9H8N2.C7H8.CH4N2O/c1-2-6-9-8(4-1)5-3-7-10-11-9;1-2-4-6-7-5-3-1;2-1(3)4/h1-7,11H;1-6H,7H2;(H4,2,3,4). The smallest absolute Gasteiger partial charge is 0.309 e. The molecule has 1 aliphatic heterocycles. The molecule has 0 unspecified atom stereocenters. The zero-order valence-electron chi connectivity index (χ0n) is 12.2. The van der Waals surface area contributed by atoms with Gasteiger partial charge in [0.1, 0.15) is 0 Å². The van der Waals surface area contributed by atoms with Crippen LogP contribution in [0.2, 0.25) is 0 Å². The molecule has 0 bridgehead atoms. The first kappa shape index (κ1) is 17.0.